The van der Waals surface area contributed by atoms with E-state index in [9.17, 15) is 0 Å². The molecule has 0 amide bonds. The van der Waals surface area contributed by atoms with E-state index < -0.39 is 0 Å². The van der Waals surface area contributed by atoms with E-state index in [1.165, 1.54) is 5.57 Å². The summed E-state index contributed by atoms with van der Waals surface area (Å²) in [5, 5.41) is 3.38. The molecule has 0 bridgehead atoms. The summed E-state index contributed by atoms with van der Waals surface area (Å²) in [5.41, 5.74) is 1.44. The Labute approximate surface area is 70.2 Å². The monoisotopic (exact) mass is 153 g/mol. The van der Waals surface area contributed by atoms with Crippen LogP contribution in [0.2, 0.25) is 0 Å². The van der Waals surface area contributed by atoms with Crippen molar-refractivity contribution in [3.8, 4) is 0 Å². The third kappa shape index (κ3) is 5.86. The molecule has 0 rings (SSSR count). The Hall–Kier alpha value is -0.560. The number of nitrogens with one attached hydrogen (secondary N) is 1. The van der Waals surface area contributed by atoms with Crippen molar-refractivity contribution < 1.29 is 0 Å². The van der Waals surface area contributed by atoms with Gasteiger partial charge in [-0.3, -0.25) is 0 Å². The molecule has 0 heterocycles. The van der Waals surface area contributed by atoms with Crippen molar-refractivity contribution >= 4 is 0 Å². The van der Waals surface area contributed by atoms with Gasteiger partial charge < -0.3 is 5.32 Å². The van der Waals surface area contributed by atoms with Crippen LogP contribution in [0.3, 0.4) is 0 Å². The molecule has 0 spiro atoms. The largest absolute Gasteiger partial charge is 0.308 e. The first kappa shape index (κ1) is 10.4. The van der Waals surface area contributed by atoms with Gasteiger partial charge in [-0.2, -0.15) is 0 Å². The van der Waals surface area contributed by atoms with Gasteiger partial charge in [-0.05, 0) is 33.3 Å². The minimum absolute atomic E-state index is 0.192. The predicted octanol–water partition coefficient (Wildman–Crippen LogP) is 2.51. The van der Waals surface area contributed by atoms with Crippen LogP contribution in [-0.2, 0) is 0 Å². The average molecular weight is 153 g/mol. The maximum atomic E-state index is 3.72. The van der Waals surface area contributed by atoms with E-state index in [4.69, 9.17) is 0 Å². The van der Waals surface area contributed by atoms with Gasteiger partial charge in [0.2, 0.25) is 0 Å². The van der Waals surface area contributed by atoms with Crippen LogP contribution in [0.15, 0.2) is 24.3 Å². The zero-order valence-electron chi connectivity index (χ0n) is 8.07. The molecule has 1 heteroatoms. The first-order valence-electron chi connectivity index (χ1n) is 4.02. The van der Waals surface area contributed by atoms with Crippen molar-refractivity contribution in [3.05, 3.63) is 24.3 Å². The number of hydrogen-bond acceptors (Lipinski definition) is 1. The predicted molar refractivity (Wildman–Crippen MR) is 51.7 cm³/mol. The Morgan fingerprint density at radius 1 is 1.45 bits per heavy atom. The summed E-state index contributed by atoms with van der Waals surface area (Å²) in [6.07, 6.45) is 3.96. The number of hydrogen-bond donors (Lipinski definition) is 1. The highest BCUT2D eigenvalue weighted by Crippen LogP contribution is 2.01. The zero-order chi connectivity index (χ0) is 8.91. The van der Waals surface area contributed by atoms with Gasteiger partial charge in [0.05, 0.1) is 0 Å². The molecule has 1 nitrogen and oxygen atoms in total. The van der Waals surface area contributed by atoms with Crippen LogP contribution in [0.25, 0.3) is 0 Å². The van der Waals surface area contributed by atoms with Gasteiger partial charge in [-0.25, -0.2) is 0 Å². The smallest absolute Gasteiger partial charge is 0.0206 e. The second-order valence-corrected chi connectivity index (χ2v) is 3.67. The minimum Gasteiger partial charge on any atom is -0.308 e. The van der Waals surface area contributed by atoms with Crippen molar-refractivity contribution in [1.82, 2.24) is 5.32 Å². The number of allylic oxidation sites excluding steroid dienone is 1. The molecule has 0 radical (unpaired) electrons. The molecular formula is C10H19N. The van der Waals surface area contributed by atoms with Crippen LogP contribution in [0, 0.1) is 0 Å². The summed E-state index contributed by atoms with van der Waals surface area (Å²) in [6.45, 7) is 13.1. The topological polar surface area (TPSA) is 12.0 Å². The molecule has 1 N–H and O–H groups in total. The standard InChI is InChI=1S/C10H19N/c1-6-9(7-2)8-11-10(3,4)5/h6-7,11H,1,8H2,2-5H3. The SMILES string of the molecule is C=CC(=CC)CNC(C)(C)C. The first-order chi connectivity index (χ1) is 4.99. The molecule has 0 aromatic carbocycles. The minimum atomic E-state index is 0.192. The first-order valence-corrected chi connectivity index (χ1v) is 4.02. The Morgan fingerprint density at radius 2 is 2.00 bits per heavy atom. The van der Waals surface area contributed by atoms with Crippen LogP contribution in [-0.4, -0.2) is 12.1 Å². The lowest BCUT2D eigenvalue weighted by molar-refractivity contribution is 0.446. The van der Waals surface area contributed by atoms with Crippen LogP contribution < -0.4 is 5.32 Å². The second-order valence-electron chi connectivity index (χ2n) is 3.67. The van der Waals surface area contributed by atoms with Gasteiger partial charge >= 0.3 is 0 Å². The lowest BCUT2D eigenvalue weighted by Gasteiger charge is -2.20. The summed E-state index contributed by atoms with van der Waals surface area (Å²) in [4.78, 5) is 0. The zero-order valence-corrected chi connectivity index (χ0v) is 8.07. The molecule has 0 aliphatic heterocycles. The average Bonchev–Trinajstić information content (AvgIpc) is 1.88. The van der Waals surface area contributed by atoms with Gasteiger partial charge in [0, 0.05) is 12.1 Å². The van der Waals surface area contributed by atoms with Crippen LogP contribution in [0.1, 0.15) is 27.7 Å². The molecule has 0 saturated carbocycles. The van der Waals surface area contributed by atoms with Crippen LogP contribution in [0.4, 0.5) is 0 Å². The summed E-state index contributed by atoms with van der Waals surface area (Å²) < 4.78 is 0. The van der Waals surface area contributed by atoms with E-state index in [2.05, 4.69) is 38.7 Å². The van der Waals surface area contributed by atoms with E-state index >= 15 is 0 Å². The normalized spacial score (nSPS) is 13.3. The highest BCUT2D eigenvalue weighted by molar-refractivity contribution is 5.16. The Balaban J connectivity index is 3.79. The molecule has 0 aliphatic rings. The molecule has 11 heavy (non-hydrogen) atoms. The fourth-order valence-corrected chi connectivity index (χ4v) is 0.659. The van der Waals surface area contributed by atoms with Crippen molar-refractivity contribution in [2.45, 2.75) is 33.2 Å². The summed E-state index contributed by atoms with van der Waals surface area (Å²) in [7, 11) is 0. The van der Waals surface area contributed by atoms with Crippen LogP contribution >= 0.6 is 0 Å². The summed E-state index contributed by atoms with van der Waals surface area (Å²) in [6, 6.07) is 0. The Morgan fingerprint density at radius 3 is 2.27 bits per heavy atom. The fourth-order valence-electron chi connectivity index (χ4n) is 0.659. The molecule has 0 unspecified atom stereocenters. The second kappa shape index (κ2) is 4.35. The van der Waals surface area contributed by atoms with E-state index in [0.717, 1.165) is 6.54 Å². The van der Waals surface area contributed by atoms with Crippen molar-refractivity contribution in [1.29, 1.82) is 0 Å². The lowest BCUT2D eigenvalue weighted by Crippen LogP contribution is -2.36. The maximum Gasteiger partial charge on any atom is 0.0206 e. The molecule has 0 saturated heterocycles. The highest BCUT2D eigenvalue weighted by Gasteiger charge is 2.07. The molecule has 0 aromatic rings. The third-order valence-electron chi connectivity index (χ3n) is 1.46. The molecule has 0 fully saturated rings. The van der Waals surface area contributed by atoms with Gasteiger partial charge in [0.25, 0.3) is 0 Å². The Kier molecular flexibility index (Phi) is 4.12. The molecule has 64 valence electrons. The molecular weight excluding hydrogens is 134 g/mol. The van der Waals surface area contributed by atoms with E-state index in [1.807, 2.05) is 13.0 Å². The summed E-state index contributed by atoms with van der Waals surface area (Å²) >= 11 is 0. The molecule has 0 aromatic heterocycles. The van der Waals surface area contributed by atoms with Crippen molar-refractivity contribution in [3.63, 3.8) is 0 Å². The van der Waals surface area contributed by atoms with Crippen molar-refractivity contribution in [2.24, 2.45) is 0 Å². The molecule has 0 aliphatic carbocycles. The van der Waals surface area contributed by atoms with Crippen LogP contribution in [0.5, 0.6) is 0 Å². The number of rotatable bonds is 3. The fraction of sp³-hybridized carbons (Fsp3) is 0.600. The van der Waals surface area contributed by atoms with Gasteiger partial charge in [0.15, 0.2) is 0 Å². The lowest BCUT2D eigenvalue weighted by atomic mass is 10.1. The maximum absolute atomic E-state index is 3.72. The van der Waals surface area contributed by atoms with Gasteiger partial charge in [-0.1, -0.05) is 18.7 Å². The third-order valence-corrected chi connectivity index (χ3v) is 1.46. The van der Waals surface area contributed by atoms with E-state index in [-0.39, 0.29) is 5.54 Å². The van der Waals surface area contributed by atoms with Crippen molar-refractivity contribution in [2.75, 3.05) is 6.54 Å². The van der Waals surface area contributed by atoms with E-state index in [1.54, 1.807) is 0 Å². The Bertz CT molecular complexity index is 149. The van der Waals surface area contributed by atoms with E-state index in [0.29, 0.717) is 0 Å². The highest BCUT2D eigenvalue weighted by atomic mass is 14.9. The van der Waals surface area contributed by atoms with Gasteiger partial charge in [0.1, 0.15) is 0 Å². The van der Waals surface area contributed by atoms with Gasteiger partial charge in [-0.15, -0.1) is 0 Å². The quantitative estimate of drug-likeness (QED) is 0.614. The summed E-state index contributed by atoms with van der Waals surface area (Å²) in [5.74, 6) is 0. The molecule has 0 atom stereocenters.